The van der Waals surface area contributed by atoms with E-state index < -0.39 is 0 Å². The normalized spacial score (nSPS) is 14.4. The van der Waals surface area contributed by atoms with Crippen molar-refractivity contribution in [3.63, 3.8) is 0 Å². The first-order valence-electron chi connectivity index (χ1n) is 9.48. The van der Waals surface area contributed by atoms with E-state index in [2.05, 4.69) is 27.3 Å². The number of H-pyrrole nitrogens is 1. The largest absolute Gasteiger partial charge is 0.497 e. The van der Waals surface area contributed by atoms with Crippen LogP contribution in [0.25, 0.3) is 10.9 Å². The highest BCUT2D eigenvalue weighted by molar-refractivity contribution is 6.08. The van der Waals surface area contributed by atoms with Crippen LogP contribution in [0.15, 0.2) is 42.5 Å². The molecule has 0 radical (unpaired) electrons. The number of benzene rings is 2. The molecule has 1 saturated heterocycles. The highest BCUT2D eigenvalue weighted by atomic mass is 16.5. The number of aromatic amines is 1. The predicted molar refractivity (Wildman–Crippen MR) is 110 cm³/mol. The molecule has 1 aromatic heterocycles. The Morgan fingerprint density at radius 3 is 2.52 bits per heavy atom. The van der Waals surface area contributed by atoms with Crippen LogP contribution in [-0.2, 0) is 0 Å². The molecule has 5 heteroatoms. The summed E-state index contributed by atoms with van der Waals surface area (Å²) in [4.78, 5) is 18.4. The van der Waals surface area contributed by atoms with E-state index in [1.54, 1.807) is 7.11 Å². The monoisotopic (exact) mass is 363 g/mol. The van der Waals surface area contributed by atoms with Crippen molar-refractivity contribution in [2.45, 2.75) is 26.2 Å². The maximum absolute atomic E-state index is 12.8. The molecule has 5 nitrogen and oxygen atoms in total. The zero-order chi connectivity index (χ0) is 18.8. The molecule has 4 rings (SSSR count). The van der Waals surface area contributed by atoms with Gasteiger partial charge in [-0.05, 0) is 74.2 Å². The van der Waals surface area contributed by atoms with Crippen molar-refractivity contribution >= 4 is 28.2 Å². The number of anilines is 2. The molecular formula is C22H25N3O2. The zero-order valence-electron chi connectivity index (χ0n) is 15.8. The standard InChI is InChI=1S/C22H25N3O2/c1-15-19-14-18(27-2)10-11-20(19)24-21(15)22(26)23-16-6-8-17(9-7-16)25-12-4-3-5-13-25/h6-11,14,24H,3-5,12-13H2,1-2H3,(H,23,26). The predicted octanol–water partition coefficient (Wildman–Crippen LogP) is 4.73. The van der Waals surface area contributed by atoms with Crippen LogP contribution in [0.4, 0.5) is 11.4 Å². The highest BCUT2D eigenvalue weighted by Gasteiger charge is 2.16. The van der Waals surface area contributed by atoms with Gasteiger partial charge in [-0.2, -0.15) is 0 Å². The number of aryl methyl sites for hydroxylation is 1. The lowest BCUT2D eigenvalue weighted by molar-refractivity contribution is 0.102. The second-order valence-electron chi connectivity index (χ2n) is 7.09. The third kappa shape index (κ3) is 3.50. The van der Waals surface area contributed by atoms with Crippen molar-refractivity contribution in [1.29, 1.82) is 0 Å². The highest BCUT2D eigenvalue weighted by Crippen LogP contribution is 2.27. The summed E-state index contributed by atoms with van der Waals surface area (Å²) in [6, 6.07) is 13.9. The molecular weight excluding hydrogens is 338 g/mol. The van der Waals surface area contributed by atoms with Crippen molar-refractivity contribution in [3.8, 4) is 5.75 Å². The first-order chi connectivity index (χ1) is 13.2. The fourth-order valence-electron chi connectivity index (χ4n) is 3.76. The molecule has 140 valence electrons. The number of fused-ring (bicyclic) bond motifs is 1. The number of carbonyl (C=O) groups excluding carboxylic acids is 1. The molecule has 2 aromatic carbocycles. The molecule has 1 aliphatic rings. The van der Waals surface area contributed by atoms with Crippen LogP contribution in [-0.4, -0.2) is 31.1 Å². The van der Waals surface area contributed by atoms with Crippen LogP contribution in [0, 0.1) is 6.92 Å². The van der Waals surface area contributed by atoms with Gasteiger partial charge in [0.1, 0.15) is 11.4 Å². The van der Waals surface area contributed by atoms with Gasteiger partial charge in [0.25, 0.3) is 5.91 Å². The Morgan fingerprint density at radius 2 is 1.81 bits per heavy atom. The van der Waals surface area contributed by atoms with Crippen molar-refractivity contribution in [2.24, 2.45) is 0 Å². The minimum absolute atomic E-state index is 0.131. The van der Waals surface area contributed by atoms with Gasteiger partial charge in [0, 0.05) is 35.4 Å². The number of methoxy groups -OCH3 is 1. The van der Waals surface area contributed by atoms with Gasteiger partial charge < -0.3 is 19.9 Å². The molecule has 0 saturated carbocycles. The first-order valence-corrected chi connectivity index (χ1v) is 9.48. The Kier molecular flexibility index (Phi) is 4.75. The Balaban J connectivity index is 1.52. The van der Waals surface area contributed by atoms with Crippen LogP contribution in [0.5, 0.6) is 5.75 Å². The Bertz CT molecular complexity index is 954. The summed E-state index contributed by atoms with van der Waals surface area (Å²) >= 11 is 0. The number of aromatic nitrogens is 1. The van der Waals surface area contributed by atoms with E-state index in [9.17, 15) is 4.79 Å². The number of nitrogens with one attached hydrogen (secondary N) is 2. The summed E-state index contributed by atoms with van der Waals surface area (Å²) in [7, 11) is 1.64. The van der Waals surface area contributed by atoms with E-state index in [0.717, 1.165) is 41.0 Å². The molecule has 0 aliphatic carbocycles. The topological polar surface area (TPSA) is 57.4 Å². The van der Waals surface area contributed by atoms with Crippen molar-refractivity contribution in [1.82, 2.24) is 4.98 Å². The van der Waals surface area contributed by atoms with Gasteiger partial charge in [0.2, 0.25) is 0 Å². The molecule has 2 heterocycles. The van der Waals surface area contributed by atoms with Crippen molar-refractivity contribution < 1.29 is 9.53 Å². The van der Waals surface area contributed by atoms with Gasteiger partial charge in [0.15, 0.2) is 0 Å². The van der Waals surface area contributed by atoms with Crippen LogP contribution in [0.1, 0.15) is 35.3 Å². The van der Waals surface area contributed by atoms with E-state index in [1.165, 1.54) is 24.9 Å². The smallest absolute Gasteiger partial charge is 0.272 e. The number of rotatable bonds is 4. The molecule has 0 spiro atoms. The number of ether oxygens (including phenoxy) is 1. The summed E-state index contributed by atoms with van der Waals surface area (Å²) in [5.74, 6) is 0.651. The Labute approximate surface area is 159 Å². The third-order valence-corrected chi connectivity index (χ3v) is 5.34. The van der Waals surface area contributed by atoms with Gasteiger partial charge in [0.05, 0.1) is 7.11 Å². The quantitative estimate of drug-likeness (QED) is 0.705. The molecule has 1 aliphatic heterocycles. The molecule has 2 N–H and O–H groups in total. The minimum atomic E-state index is -0.131. The van der Waals surface area contributed by atoms with Gasteiger partial charge >= 0.3 is 0 Å². The van der Waals surface area contributed by atoms with E-state index >= 15 is 0 Å². The average molecular weight is 363 g/mol. The molecule has 3 aromatic rings. The van der Waals surface area contributed by atoms with E-state index in [4.69, 9.17) is 4.74 Å². The van der Waals surface area contributed by atoms with Gasteiger partial charge in [-0.1, -0.05) is 0 Å². The zero-order valence-corrected chi connectivity index (χ0v) is 15.8. The van der Waals surface area contributed by atoms with Crippen LogP contribution >= 0.6 is 0 Å². The van der Waals surface area contributed by atoms with E-state index in [1.807, 2.05) is 37.3 Å². The SMILES string of the molecule is COc1ccc2[nH]c(C(=O)Nc3ccc(N4CCCCC4)cc3)c(C)c2c1. The van der Waals surface area contributed by atoms with Gasteiger partial charge in [-0.3, -0.25) is 4.79 Å². The third-order valence-electron chi connectivity index (χ3n) is 5.34. The molecule has 1 fully saturated rings. The lowest BCUT2D eigenvalue weighted by atomic mass is 10.1. The van der Waals surface area contributed by atoms with Gasteiger partial charge in [-0.25, -0.2) is 0 Å². The number of piperidine rings is 1. The average Bonchev–Trinajstić information content (AvgIpc) is 3.05. The fraction of sp³-hybridized carbons (Fsp3) is 0.318. The van der Waals surface area contributed by atoms with E-state index in [0.29, 0.717) is 5.69 Å². The maximum Gasteiger partial charge on any atom is 0.272 e. The lowest BCUT2D eigenvalue weighted by Crippen LogP contribution is -2.29. The number of hydrogen-bond acceptors (Lipinski definition) is 3. The van der Waals surface area contributed by atoms with Crippen LogP contribution < -0.4 is 15.0 Å². The molecule has 0 bridgehead atoms. The number of hydrogen-bond donors (Lipinski definition) is 2. The van der Waals surface area contributed by atoms with Crippen molar-refractivity contribution in [2.75, 3.05) is 30.4 Å². The molecule has 0 atom stereocenters. The molecule has 0 unspecified atom stereocenters. The number of nitrogens with zero attached hydrogens (tertiary/aromatic N) is 1. The maximum atomic E-state index is 12.8. The Hall–Kier alpha value is -2.95. The van der Waals surface area contributed by atoms with Crippen LogP contribution in [0.2, 0.25) is 0 Å². The lowest BCUT2D eigenvalue weighted by Gasteiger charge is -2.28. The summed E-state index contributed by atoms with van der Waals surface area (Å²) in [5.41, 5.74) is 4.46. The number of amides is 1. The second-order valence-corrected chi connectivity index (χ2v) is 7.09. The van der Waals surface area contributed by atoms with Crippen molar-refractivity contribution in [3.05, 3.63) is 53.7 Å². The Morgan fingerprint density at radius 1 is 1.07 bits per heavy atom. The molecule has 27 heavy (non-hydrogen) atoms. The van der Waals surface area contributed by atoms with Gasteiger partial charge in [-0.15, -0.1) is 0 Å². The molecule has 1 amide bonds. The van der Waals surface area contributed by atoms with E-state index in [-0.39, 0.29) is 5.91 Å². The first kappa shape index (κ1) is 17.5. The second kappa shape index (κ2) is 7.35. The minimum Gasteiger partial charge on any atom is -0.497 e. The summed E-state index contributed by atoms with van der Waals surface area (Å²) in [6.45, 7) is 4.18. The summed E-state index contributed by atoms with van der Waals surface area (Å²) < 4.78 is 5.29. The number of carbonyl (C=O) groups is 1. The summed E-state index contributed by atoms with van der Waals surface area (Å²) in [5, 5.41) is 4.00. The van der Waals surface area contributed by atoms with Crippen LogP contribution in [0.3, 0.4) is 0 Å². The fourth-order valence-corrected chi connectivity index (χ4v) is 3.76. The summed E-state index contributed by atoms with van der Waals surface area (Å²) in [6.07, 6.45) is 3.83.